The summed E-state index contributed by atoms with van der Waals surface area (Å²) in [6.07, 6.45) is 1.38. The molecule has 1 aromatic heterocycles. The number of ether oxygens (including phenoxy) is 1. The number of hydrogen-bond acceptors (Lipinski definition) is 3. The van der Waals surface area contributed by atoms with Gasteiger partial charge < -0.3 is 14.5 Å². The highest BCUT2D eigenvalue weighted by molar-refractivity contribution is 6.05. The third kappa shape index (κ3) is 3.09. The van der Waals surface area contributed by atoms with Crippen molar-refractivity contribution in [2.45, 2.75) is 13.5 Å². The summed E-state index contributed by atoms with van der Waals surface area (Å²) in [6.45, 7) is -1.31. The number of carbonyl (C=O) groups is 1. The molecule has 1 heterocycles. The molecular formula is C13H11F2NO3. The highest BCUT2D eigenvalue weighted by atomic mass is 19.3. The molecule has 0 aliphatic rings. The van der Waals surface area contributed by atoms with Crippen molar-refractivity contribution in [2.75, 3.05) is 5.32 Å². The summed E-state index contributed by atoms with van der Waals surface area (Å²) in [5.74, 6) is -0.0895. The Morgan fingerprint density at radius 1 is 1.32 bits per heavy atom. The molecular weight excluding hydrogens is 256 g/mol. The van der Waals surface area contributed by atoms with Gasteiger partial charge in [-0.1, -0.05) is 12.1 Å². The van der Waals surface area contributed by atoms with Gasteiger partial charge in [0.2, 0.25) is 0 Å². The maximum atomic E-state index is 12.2. The van der Waals surface area contributed by atoms with E-state index in [2.05, 4.69) is 10.1 Å². The van der Waals surface area contributed by atoms with E-state index in [1.54, 1.807) is 13.0 Å². The fourth-order valence-electron chi connectivity index (χ4n) is 1.58. The molecule has 2 rings (SSSR count). The highest BCUT2D eigenvalue weighted by Crippen LogP contribution is 2.26. The minimum atomic E-state index is -2.95. The number of carbonyl (C=O) groups excluding carboxylic acids is 1. The lowest BCUT2D eigenvalue weighted by Crippen LogP contribution is -2.14. The van der Waals surface area contributed by atoms with E-state index in [0.717, 1.165) is 0 Å². The predicted octanol–water partition coefficient (Wildman–Crippen LogP) is 3.44. The van der Waals surface area contributed by atoms with Crippen molar-refractivity contribution in [3.63, 3.8) is 0 Å². The molecule has 0 atom stereocenters. The first kappa shape index (κ1) is 13.1. The predicted molar refractivity (Wildman–Crippen MR) is 64.5 cm³/mol. The molecule has 19 heavy (non-hydrogen) atoms. The number of benzene rings is 1. The van der Waals surface area contributed by atoms with E-state index in [1.165, 1.54) is 30.5 Å². The van der Waals surface area contributed by atoms with Gasteiger partial charge in [-0.05, 0) is 25.1 Å². The first-order valence-corrected chi connectivity index (χ1v) is 5.47. The fraction of sp³-hybridized carbons (Fsp3) is 0.154. The van der Waals surface area contributed by atoms with Crippen LogP contribution in [-0.2, 0) is 0 Å². The Balaban J connectivity index is 2.19. The van der Waals surface area contributed by atoms with Crippen molar-refractivity contribution >= 4 is 11.6 Å². The summed E-state index contributed by atoms with van der Waals surface area (Å²) in [5.41, 5.74) is 0.514. The minimum absolute atomic E-state index is 0.0907. The highest BCUT2D eigenvalue weighted by Gasteiger charge is 2.15. The van der Waals surface area contributed by atoms with Gasteiger partial charge in [-0.2, -0.15) is 8.78 Å². The third-order valence-corrected chi connectivity index (χ3v) is 2.45. The molecule has 4 nitrogen and oxygen atoms in total. The summed E-state index contributed by atoms with van der Waals surface area (Å²) in [4.78, 5) is 11.9. The average Bonchev–Trinajstić information content (AvgIpc) is 2.77. The molecule has 0 bridgehead atoms. The summed E-state index contributed by atoms with van der Waals surface area (Å²) < 4.78 is 33.8. The van der Waals surface area contributed by atoms with Crippen molar-refractivity contribution in [3.05, 3.63) is 47.9 Å². The topological polar surface area (TPSA) is 51.5 Å². The lowest BCUT2D eigenvalue weighted by Gasteiger charge is -2.11. The van der Waals surface area contributed by atoms with E-state index in [4.69, 9.17) is 4.42 Å². The van der Waals surface area contributed by atoms with Gasteiger partial charge in [0, 0.05) is 0 Å². The second-order valence-corrected chi connectivity index (χ2v) is 3.72. The summed E-state index contributed by atoms with van der Waals surface area (Å²) in [6, 6.07) is 7.48. The van der Waals surface area contributed by atoms with Crippen LogP contribution in [0.15, 0.2) is 41.0 Å². The van der Waals surface area contributed by atoms with Crippen molar-refractivity contribution in [2.24, 2.45) is 0 Å². The molecule has 0 saturated carbocycles. The number of aryl methyl sites for hydroxylation is 1. The Hall–Kier alpha value is -2.37. The van der Waals surface area contributed by atoms with Crippen molar-refractivity contribution in [1.29, 1.82) is 0 Å². The summed E-state index contributed by atoms with van der Waals surface area (Å²) in [7, 11) is 0. The number of rotatable bonds is 4. The molecule has 6 heteroatoms. The zero-order valence-corrected chi connectivity index (χ0v) is 10.0. The maximum Gasteiger partial charge on any atom is 0.387 e. The van der Waals surface area contributed by atoms with Gasteiger partial charge in [-0.25, -0.2) is 0 Å². The largest absolute Gasteiger partial charge is 0.469 e. The summed E-state index contributed by atoms with van der Waals surface area (Å²) in [5, 5.41) is 2.50. The molecule has 2 aromatic rings. The van der Waals surface area contributed by atoms with Gasteiger partial charge in [-0.15, -0.1) is 0 Å². The van der Waals surface area contributed by atoms with Crippen LogP contribution in [0.2, 0.25) is 0 Å². The number of para-hydroxylation sites is 2. The second-order valence-electron chi connectivity index (χ2n) is 3.72. The zero-order chi connectivity index (χ0) is 13.8. The normalized spacial score (nSPS) is 10.5. The number of anilines is 1. The average molecular weight is 267 g/mol. The Morgan fingerprint density at radius 2 is 2.05 bits per heavy atom. The van der Waals surface area contributed by atoms with Gasteiger partial charge in [0.25, 0.3) is 5.91 Å². The molecule has 100 valence electrons. The second kappa shape index (κ2) is 5.51. The van der Waals surface area contributed by atoms with Crippen molar-refractivity contribution in [1.82, 2.24) is 0 Å². The van der Waals surface area contributed by atoms with Gasteiger partial charge in [-0.3, -0.25) is 4.79 Å². The lowest BCUT2D eigenvalue weighted by atomic mass is 10.2. The smallest absolute Gasteiger partial charge is 0.387 e. The van der Waals surface area contributed by atoms with E-state index in [0.29, 0.717) is 11.3 Å². The molecule has 0 aliphatic heterocycles. The van der Waals surface area contributed by atoms with Crippen LogP contribution < -0.4 is 10.1 Å². The van der Waals surface area contributed by atoms with Crippen LogP contribution in [0.4, 0.5) is 14.5 Å². The van der Waals surface area contributed by atoms with Crippen LogP contribution in [0.25, 0.3) is 0 Å². The number of hydrogen-bond donors (Lipinski definition) is 1. The van der Waals surface area contributed by atoms with Crippen LogP contribution in [0.5, 0.6) is 5.75 Å². The number of alkyl halides is 2. The molecule has 1 aromatic carbocycles. The molecule has 0 fully saturated rings. The minimum Gasteiger partial charge on any atom is -0.469 e. The summed E-state index contributed by atoms with van der Waals surface area (Å²) >= 11 is 0. The Labute approximate surface area is 108 Å². The van der Waals surface area contributed by atoms with E-state index < -0.39 is 12.5 Å². The van der Waals surface area contributed by atoms with Crippen LogP contribution in [0.1, 0.15) is 16.1 Å². The van der Waals surface area contributed by atoms with Gasteiger partial charge >= 0.3 is 6.61 Å². The van der Waals surface area contributed by atoms with Crippen molar-refractivity contribution in [3.8, 4) is 5.75 Å². The van der Waals surface area contributed by atoms with E-state index in [1.807, 2.05) is 0 Å². The quantitative estimate of drug-likeness (QED) is 0.923. The van der Waals surface area contributed by atoms with E-state index >= 15 is 0 Å². The lowest BCUT2D eigenvalue weighted by molar-refractivity contribution is -0.0493. The Kier molecular flexibility index (Phi) is 3.79. The molecule has 0 radical (unpaired) electrons. The van der Waals surface area contributed by atoms with Gasteiger partial charge in [0.15, 0.2) is 0 Å². The number of amides is 1. The van der Waals surface area contributed by atoms with Crippen molar-refractivity contribution < 1.29 is 22.7 Å². The monoisotopic (exact) mass is 267 g/mol. The van der Waals surface area contributed by atoms with Crippen LogP contribution in [0, 0.1) is 6.92 Å². The fourth-order valence-corrected chi connectivity index (χ4v) is 1.58. The zero-order valence-electron chi connectivity index (χ0n) is 10.0. The van der Waals surface area contributed by atoms with Gasteiger partial charge in [0.05, 0.1) is 17.5 Å². The first-order valence-electron chi connectivity index (χ1n) is 5.47. The first-order chi connectivity index (χ1) is 9.08. The standard InChI is InChI=1S/C13H11F2NO3/c1-8-9(6-7-18-8)12(17)16-10-4-2-3-5-11(10)19-13(14)15/h2-7,13H,1H3,(H,16,17). The number of nitrogens with one attached hydrogen (secondary N) is 1. The maximum absolute atomic E-state index is 12.2. The Morgan fingerprint density at radius 3 is 2.68 bits per heavy atom. The molecule has 1 N–H and O–H groups in total. The molecule has 0 aliphatic carbocycles. The number of furan rings is 1. The van der Waals surface area contributed by atoms with Crippen LogP contribution in [-0.4, -0.2) is 12.5 Å². The molecule has 0 saturated heterocycles. The Bertz CT molecular complexity index is 581. The molecule has 0 spiro atoms. The van der Waals surface area contributed by atoms with Gasteiger partial charge in [0.1, 0.15) is 11.5 Å². The SMILES string of the molecule is Cc1occc1C(=O)Nc1ccccc1OC(F)F. The van der Waals surface area contributed by atoms with Crippen LogP contribution in [0.3, 0.4) is 0 Å². The molecule has 1 amide bonds. The van der Waals surface area contributed by atoms with E-state index in [-0.39, 0.29) is 11.4 Å². The molecule has 0 unspecified atom stereocenters. The van der Waals surface area contributed by atoms with E-state index in [9.17, 15) is 13.6 Å². The number of halogens is 2. The van der Waals surface area contributed by atoms with Crippen LogP contribution >= 0.6 is 0 Å². The third-order valence-electron chi connectivity index (χ3n) is 2.45.